The highest BCUT2D eigenvalue weighted by molar-refractivity contribution is 7.40. The van der Waals surface area contributed by atoms with E-state index in [1.54, 1.807) is 10.1 Å². The summed E-state index contributed by atoms with van der Waals surface area (Å²) in [5, 5.41) is 3.51. The molecule has 0 aliphatic rings. The zero-order valence-corrected chi connectivity index (χ0v) is 13.8. The van der Waals surface area contributed by atoms with E-state index in [4.69, 9.17) is 9.25 Å². The van der Waals surface area contributed by atoms with Crippen LogP contribution in [0.3, 0.4) is 0 Å². The lowest BCUT2D eigenvalue weighted by Crippen LogP contribution is -2.38. The van der Waals surface area contributed by atoms with Crippen LogP contribution in [0.25, 0.3) is 0 Å². The summed E-state index contributed by atoms with van der Waals surface area (Å²) in [5.74, 6) is 0. The van der Waals surface area contributed by atoms with Crippen molar-refractivity contribution in [3.8, 4) is 0 Å². The van der Waals surface area contributed by atoms with E-state index in [0.29, 0.717) is 0 Å². The summed E-state index contributed by atoms with van der Waals surface area (Å²) in [5.41, 5.74) is 0. The molecule has 5 nitrogen and oxygen atoms in total. The lowest BCUT2D eigenvalue weighted by molar-refractivity contribution is -0.169. The van der Waals surface area contributed by atoms with Gasteiger partial charge in [-0.05, 0) is 55.4 Å². The fourth-order valence-electron chi connectivity index (χ4n) is 1.75. The number of hydrogen-bond donors (Lipinski definition) is 1. The van der Waals surface area contributed by atoms with Crippen molar-refractivity contribution >= 4 is 8.60 Å². The molecule has 0 radical (unpaired) electrons. The maximum atomic E-state index is 9.92. The molecule has 0 aromatic carbocycles. The highest BCUT2D eigenvalue weighted by Crippen LogP contribution is 2.38. The molecule has 0 aliphatic heterocycles. The Kier molecular flexibility index (Phi) is 8.52. The third-order valence-electron chi connectivity index (χ3n) is 2.36. The van der Waals surface area contributed by atoms with Crippen molar-refractivity contribution in [3.63, 3.8) is 0 Å². The van der Waals surface area contributed by atoms with Crippen molar-refractivity contribution < 1.29 is 14.1 Å². The Morgan fingerprint density at radius 2 is 0.889 bits per heavy atom. The van der Waals surface area contributed by atoms with Gasteiger partial charge in [0.05, 0.1) is 0 Å². The Hall–Kier alpha value is 0.230. The Bertz CT molecular complexity index is 187. The van der Waals surface area contributed by atoms with Gasteiger partial charge in [0, 0.05) is 24.2 Å². The van der Waals surface area contributed by atoms with Crippen LogP contribution in [0.4, 0.5) is 0 Å². The van der Waals surface area contributed by atoms with Crippen molar-refractivity contribution in [2.75, 3.05) is 0 Å². The second-order valence-corrected chi connectivity index (χ2v) is 6.30. The van der Waals surface area contributed by atoms with Gasteiger partial charge in [0.25, 0.3) is 0 Å². The molecule has 6 heteroatoms. The number of rotatable bonds is 8. The summed E-state index contributed by atoms with van der Waals surface area (Å²) in [6, 6.07) is 0.768. The molecule has 0 bridgehead atoms. The Labute approximate surface area is 113 Å². The van der Waals surface area contributed by atoms with Crippen LogP contribution in [0.2, 0.25) is 0 Å². The first kappa shape index (κ1) is 18.2. The molecule has 0 atom stereocenters. The molecule has 0 rings (SSSR count). The third kappa shape index (κ3) is 6.41. The molecular formula is C12H29N2O3P. The van der Waals surface area contributed by atoms with Gasteiger partial charge >= 0.3 is 8.60 Å². The van der Waals surface area contributed by atoms with Gasteiger partial charge in [0.15, 0.2) is 0 Å². The van der Waals surface area contributed by atoms with E-state index in [2.05, 4.69) is 0 Å². The maximum absolute atomic E-state index is 9.92. The monoisotopic (exact) mass is 280 g/mol. The highest BCUT2D eigenvalue weighted by atomic mass is 31.2. The molecule has 0 unspecified atom stereocenters. The second-order valence-electron chi connectivity index (χ2n) is 5.50. The lowest BCUT2D eigenvalue weighted by atomic mass is 10.3. The normalized spacial score (nSPS) is 13.3. The van der Waals surface area contributed by atoms with Crippen molar-refractivity contribution in [3.05, 3.63) is 0 Å². The molecule has 0 fully saturated rings. The molecular weight excluding hydrogens is 251 g/mol. The van der Waals surface area contributed by atoms with Gasteiger partial charge in [0.2, 0.25) is 0 Å². The number of nitrogens with zero attached hydrogens (tertiary/aromatic N) is 2. The van der Waals surface area contributed by atoms with Gasteiger partial charge in [-0.15, -0.1) is 0 Å². The largest absolute Gasteiger partial charge is 0.366 e. The molecule has 18 heavy (non-hydrogen) atoms. The minimum Gasteiger partial charge on any atom is -0.326 e. The first-order valence-corrected chi connectivity index (χ1v) is 7.71. The molecule has 0 spiro atoms. The molecule has 0 heterocycles. The van der Waals surface area contributed by atoms with E-state index < -0.39 is 8.60 Å². The van der Waals surface area contributed by atoms with E-state index in [1.165, 1.54) is 0 Å². The fraction of sp³-hybridized carbons (Fsp3) is 1.00. The van der Waals surface area contributed by atoms with Crippen LogP contribution in [0.15, 0.2) is 0 Å². The average molecular weight is 280 g/mol. The molecule has 0 amide bonds. The Balaban J connectivity index is 4.42. The van der Waals surface area contributed by atoms with Crippen LogP contribution in [-0.2, 0) is 9.25 Å². The van der Waals surface area contributed by atoms with Gasteiger partial charge in [-0.1, -0.05) is 0 Å². The molecule has 0 saturated heterocycles. The SMILES string of the molecule is CC(C)N(OP(O)ON(C(C)C)C(C)C)C(C)C. The van der Waals surface area contributed by atoms with Crippen LogP contribution in [0, 0.1) is 0 Å². The predicted octanol–water partition coefficient (Wildman–Crippen LogP) is 3.31. The summed E-state index contributed by atoms with van der Waals surface area (Å²) in [4.78, 5) is 9.92. The second kappa shape index (κ2) is 8.41. The van der Waals surface area contributed by atoms with Gasteiger partial charge in [0.1, 0.15) is 0 Å². The summed E-state index contributed by atoms with van der Waals surface area (Å²) in [6.45, 7) is 16.2. The Morgan fingerprint density at radius 1 is 0.667 bits per heavy atom. The zero-order valence-electron chi connectivity index (χ0n) is 12.9. The van der Waals surface area contributed by atoms with E-state index in [0.717, 1.165) is 0 Å². The van der Waals surface area contributed by atoms with Crippen LogP contribution in [0.1, 0.15) is 55.4 Å². The van der Waals surface area contributed by atoms with Gasteiger partial charge in [-0.3, -0.25) is 0 Å². The van der Waals surface area contributed by atoms with E-state index >= 15 is 0 Å². The van der Waals surface area contributed by atoms with E-state index in [9.17, 15) is 4.89 Å². The highest BCUT2D eigenvalue weighted by Gasteiger charge is 2.25. The van der Waals surface area contributed by atoms with Crippen LogP contribution >= 0.6 is 8.60 Å². The van der Waals surface area contributed by atoms with Crippen molar-refractivity contribution in [2.24, 2.45) is 0 Å². The first-order chi connectivity index (χ1) is 8.16. The minimum absolute atomic E-state index is 0.192. The van der Waals surface area contributed by atoms with Crippen LogP contribution < -0.4 is 0 Å². The molecule has 1 N–H and O–H groups in total. The minimum atomic E-state index is -1.94. The third-order valence-corrected chi connectivity index (χ3v) is 3.02. The summed E-state index contributed by atoms with van der Waals surface area (Å²) >= 11 is 0. The van der Waals surface area contributed by atoms with Crippen molar-refractivity contribution in [1.82, 2.24) is 10.1 Å². The van der Waals surface area contributed by atoms with E-state index in [-0.39, 0.29) is 24.2 Å². The standard InChI is InChI=1S/C12H29N2O3P/c1-9(2)13(10(3)4)16-18(15)17-14(11(5)6)12(7)8/h9-12,15H,1-8H3. The Morgan fingerprint density at radius 3 is 1.06 bits per heavy atom. The quantitative estimate of drug-likeness (QED) is 0.546. The predicted molar refractivity (Wildman–Crippen MR) is 75.5 cm³/mol. The van der Waals surface area contributed by atoms with Gasteiger partial charge in [-0.2, -0.15) is 10.1 Å². The van der Waals surface area contributed by atoms with Crippen LogP contribution in [-0.4, -0.2) is 39.2 Å². The van der Waals surface area contributed by atoms with Crippen molar-refractivity contribution in [2.45, 2.75) is 79.6 Å². The maximum Gasteiger partial charge on any atom is 0.366 e. The van der Waals surface area contributed by atoms with Crippen LogP contribution in [0.5, 0.6) is 0 Å². The molecule has 0 aromatic rings. The number of hydroxylamine groups is 4. The fourth-order valence-corrected chi connectivity index (χ4v) is 2.85. The molecule has 0 aromatic heterocycles. The van der Waals surface area contributed by atoms with E-state index in [1.807, 2.05) is 55.4 Å². The summed E-state index contributed by atoms with van der Waals surface area (Å²) in [7, 11) is -1.94. The average Bonchev–Trinajstić information content (AvgIpc) is 2.20. The topological polar surface area (TPSA) is 45.2 Å². The molecule has 0 aliphatic carbocycles. The van der Waals surface area contributed by atoms with Crippen molar-refractivity contribution in [1.29, 1.82) is 0 Å². The summed E-state index contributed by atoms with van der Waals surface area (Å²) in [6.07, 6.45) is 0. The molecule has 110 valence electrons. The number of hydrogen-bond acceptors (Lipinski definition) is 5. The summed E-state index contributed by atoms with van der Waals surface area (Å²) < 4.78 is 11.0. The van der Waals surface area contributed by atoms with Gasteiger partial charge in [-0.25, -0.2) is 9.25 Å². The molecule has 0 saturated carbocycles. The first-order valence-electron chi connectivity index (χ1n) is 6.58. The van der Waals surface area contributed by atoms with Gasteiger partial charge < -0.3 is 4.89 Å². The lowest BCUT2D eigenvalue weighted by Gasteiger charge is -2.34. The zero-order chi connectivity index (χ0) is 14.5. The smallest absolute Gasteiger partial charge is 0.326 e.